The van der Waals surface area contributed by atoms with Crippen molar-refractivity contribution >= 4 is 5.69 Å². The number of hydrogen-bond acceptors (Lipinski definition) is 1. The molecule has 0 aromatic heterocycles. The summed E-state index contributed by atoms with van der Waals surface area (Å²) in [4.78, 5) is 0. The van der Waals surface area contributed by atoms with E-state index in [-0.39, 0.29) is 44.1 Å². The maximum absolute atomic E-state index is 5.51. The quantitative estimate of drug-likeness (QED) is 0.670. The first-order valence-electron chi connectivity index (χ1n) is 4.27. The van der Waals surface area contributed by atoms with Crippen molar-refractivity contribution in [3.63, 3.8) is 0 Å². The van der Waals surface area contributed by atoms with Crippen molar-refractivity contribution < 1.29 is 48.8 Å². The summed E-state index contributed by atoms with van der Waals surface area (Å²) in [6.07, 6.45) is 1.02. The second kappa shape index (κ2) is 5.22. The average Bonchev–Trinajstić information content (AvgIpc) is 2.28. The number of rotatable bonds is 0. The summed E-state index contributed by atoms with van der Waals surface area (Å²) in [5, 5.41) is 4.42. The Balaban J connectivity index is 0.000000845. The predicted octanol–water partition coefficient (Wildman–Crippen LogP) is 2.78. The Hall–Kier alpha value is 0.262. The van der Waals surface area contributed by atoms with Crippen molar-refractivity contribution in [3.05, 3.63) is 29.1 Å². The fraction of sp³-hybridized carbons (Fsp3) is 0.400. The summed E-state index contributed by atoms with van der Waals surface area (Å²) >= 11 is 0. The summed E-state index contributed by atoms with van der Waals surface area (Å²) in [6, 6.07) is 6.12. The van der Waals surface area contributed by atoms with Crippen LogP contribution in [-0.2, 0) is 0 Å². The molecule has 1 aromatic rings. The molecule has 2 nitrogen and oxygen atoms in total. The monoisotopic (exact) mass is 389 g/mol. The Morgan fingerprint density at radius 1 is 1.38 bits per heavy atom. The van der Waals surface area contributed by atoms with E-state index in [2.05, 4.69) is 24.4 Å². The maximum atomic E-state index is 5.51. The van der Waals surface area contributed by atoms with E-state index in [0.717, 1.165) is 31.0 Å². The molecule has 67 valence electrons. The van der Waals surface area contributed by atoms with Crippen LogP contribution in [0.5, 0.6) is 5.75 Å². The van der Waals surface area contributed by atoms with Gasteiger partial charge in [-0.15, -0.1) is 6.54 Å². The Kier molecular flexibility index (Phi) is 4.55. The Morgan fingerprint density at radius 3 is 3.08 bits per heavy atom. The summed E-state index contributed by atoms with van der Waals surface area (Å²) in [7, 11) is 0. The second-order valence-corrected chi connectivity index (χ2v) is 3.05. The molecular weight excluding hydrogens is 377 g/mol. The van der Waals surface area contributed by atoms with Gasteiger partial charge in [0, 0.05) is 44.1 Å². The van der Waals surface area contributed by atoms with Gasteiger partial charge < -0.3 is 10.1 Å². The molecule has 0 amide bonds. The van der Waals surface area contributed by atoms with Gasteiger partial charge in [-0.25, -0.2) is 0 Å². The van der Waals surface area contributed by atoms with Crippen molar-refractivity contribution in [2.24, 2.45) is 0 Å². The Morgan fingerprint density at radius 2 is 2.23 bits per heavy atom. The third-order valence-electron chi connectivity index (χ3n) is 1.96. The van der Waals surface area contributed by atoms with E-state index in [1.54, 1.807) is 0 Å². The van der Waals surface area contributed by atoms with Gasteiger partial charge in [0.2, 0.25) is 0 Å². The molecule has 0 spiro atoms. The van der Waals surface area contributed by atoms with Crippen LogP contribution in [0.25, 0.3) is 5.32 Å². The molecule has 1 aliphatic rings. The van der Waals surface area contributed by atoms with Gasteiger partial charge in [-0.2, -0.15) is 0 Å². The molecule has 0 atom stereocenters. The molecule has 0 unspecified atom stereocenters. The van der Waals surface area contributed by atoms with Crippen LogP contribution in [0.15, 0.2) is 18.2 Å². The molecule has 0 saturated carbocycles. The summed E-state index contributed by atoms with van der Waals surface area (Å²) < 4.78 is 5.51. The van der Waals surface area contributed by atoms with E-state index in [1.165, 1.54) is 5.56 Å². The van der Waals surface area contributed by atoms with Crippen LogP contribution in [0.4, 0.5) is 5.69 Å². The molecule has 2 rings (SSSR count). The number of hydrogen-bond donors (Lipinski definition) is 0. The molecule has 0 fully saturated rings. The third kappa shape index (κ3) is 2.86. The smallest absolute Gasteiger partial charge is 0.104 e. The van der Waals surface area contributed by atoms with Gasteiger partial charge >= 0.3 is 0 Å². The zero-order valence-electron chi connectivity index (χ0n) is 7.79. The van der Waals surface area contributed by atoms with Gasteiger partial charge in [0.25, 0.3) is 0 Å². The van der Waals surface area contributed by atoms with Crippen LogP contribution < -0.4 is 4.74 Å². The van der Waals surface area contributed by atoms with Crippen LogP contribution in [-0.4, -0.2) is 13.2 Å². The molecule has 1 aliphatic heterocycles. The van der Waals surface area contributed by atoms with E-state index in [0.29, 0.717) is 0 Å². The van der Waals surface area contributed by atoms with Gasteiger partial charge in [-0.05, 0) is 19.4 Å². The third-order valence-corrected chi connectivity index (χ3v) is 1.96. The van der Waals surface area contributed by atoms with E-state index in [1.807, 2.05) is 6.07 Å². The minimum atomic E-state index is 0. The van der Waals surface area contributed by atoms with Crippen LogP contribution in [0, 0.1) is 51.0 Å². The number of fused-ring (bicyclic) bond motifs is 1. The molecule has 0 bridgehead atoms. The molecule has 1 radical (unpaired) electrons. The zero-order valence-corrected chi connectivity index (χ0v) is 12.5. The first-order chi connectivity index (χ1) is 5.86. The first kappa shape index (κ1) is 11.3. The number of benzene rings is 1. The van der Waals surface area contributed by atoms with Gasteiger partial charge in [-0.1, -0.05) is 23.4 Å². The average molecular weight is 389 g/mol. The van der Waals surface area contributed by atoms with Crippen LogP contribution >= 0.6 is 0 Å². The van der Waals surface area contributed by atoms with E-state index in [9.17, 15) is 0 Å². The minimum Gasteiger partial charge on any atom is -0.681 e. The fourth-order valence-electron chi connectivity index (χ4n) is 1.32. The number of nitrogens with zero attached hydrogens (tertiary/aromatic N) is 1. The fourth-order valence-corrected chi connectivity index (χ4v) is 1.32. The second-order valence-electron chi connectivity index (χ2n) is 3.05. The van der Waals surface area contributed by atoms with E-state index < -0.39 is 0 Å². The maximum Gasteiger partial charge on any atom is 0.104 e. The first-order valence-corrected chi connectivity index (χ1v) is 4.27. The Labute approximate surface area is 115 Å². The molecule has 13 heavy (non-hydrogen) atoms. The molecule has 3 heteroatoms. The van der Waals surface area contributed by atoms with Crippen molar-refractivity contribution in [2.45, 2.75) is 13.3 Å². The largest absolute Gasteiger partial charge is 0.681 e. The van der Waals surface area contributed by atoms with Crippen LogP contribution in [0.2, 0.25) is 0 Å². The molecule has 0 N–H and O–H groups in total. The normalized spacial score (nSPS) is 14.2. The predicted molar refractivity (Wildman–Crippen MR) is 49.2 cm³/mol. The molecule has 1 heterocycles. The van der Waals surface area contributed by atoms with Crippen LogP contribution in [0.1, 0.15) is 12.0 Å². The van der Waals surface area contributed by atoms with Crippen molar-refractivity contribution in [2.75, 3.05) is 13.2 Å². The molecule has 0 saturated heterocycles. The van der Waals surface area contributed by atoms with Crippen molar-refractivity contribution in [1.82, 2.24) is 0 Å². The number of aryl methyl sites for hydroxylation is 1. The summed E-state index contributed by atoms with van der Waals surface area (Å²) in [5.41, 5.74) is 2.25. The zero-order chi connectivity index (χ0) is 8.39. The molecule has 1 aromatic carbocycles. The van der Waals surface area contributed by atoms with Gasteiger partial charge in [0.1, 0.15) is 5.75 Å². The molecular formula is C10H12AcNO-. The summed E-state index contributed by atoms with van der Waals surface area (Å²) in [6.45, 7) is 3.75. The standard InChI is InChI=1S/C10H12NO.Ac/c1-8-3-4-10-9(7-8)11-5-2-6-12-10;/h3-4,7H,2,5-6H2,1H3;/q-1;. The van der Waals surface area contributed by atoms with E-state index in [4.69, 9.17) is 4.74 Å². The summed E-state index contributed by atoms with van der Waals surface area (Å²) in [5.74, 6) is 0.929. The van der Waals surface area contributed by atoms with Gasteiger partial charge in [0.15, 0.2) is 0 Å². The van der Waals surface area contributed by atoms with Crippen molar-refractivity contribution in [1.29, 1.82) is 0 Å². The SMILES string of the molecule is Cc1ccc2c(c1)[N-]CCCO2.[Ac]. The topological polar surface area (TPSA) is 23.3 Å². The Bertz CT molecular complexity index is 288. The van der Waals surface area contributed by atoms with E-state index >= 15 is 0 Å². The molecule has 0 aliphatic carbocycles. The minimum absolute atomic E-state index is 0. The van der Waals surface area contributed by atoms with Crippen molar-refractivity contribution in [3.8, 4) is 5.75 Å². The van der Waals surface area contributed by atoms with Crippen LogP contribution in [0.3, 0.4) is 0 Å². The van der Waals surface area contributed by atoms with Gasteiger partial charge in [0.05, 0.1) is 6.61 Å². The number of ether oxygens (including phenoxy) is 1. The van der Waals surface area contributed by atoms with Gasteiger partial charge in [-0.3, -0.25) is 0 Å².